The summed E-state index contributed by atoms with van der Waals surface area (Å²) in [7, 11) is 1.23. The highest BCUT2D eigenvalue weighted by Gasteiger charge is 2.44. The third kappa shape index (κ3) is 5.32. The Hall–Kier alpha value is -3.45. The van der Waals surface area contributed by atoms with Crippen LogP contribution in [0.5, 0.6) is 11.5 Å². The predicted molar refractivity (Wildman–Crippen MR) is 118 cm³/mol. The molecule has 4 rings (SSSR count). The van der Waals surface area contributed by atoms with E-state index >= 15 is 0 Å². The molecule has 2 atom stereocenters. The molecule has 0 amide bonds. The van der Waals surface area contributed by atoms with Gasteiger partial charge in [-0.05, 0) is 31.2 Å². The van der Waals surface area contributed by atoms with E-state index in [2.05, 4.69) is 10.2 Å². The first-order valence-electron chi connectivity index (χ1n) is 10.8. The molecule has 1 aliphatic rings. The fourth-order valence-electron chi connectivity index (χ4n) is 4.03. The van der Waals surface area contributed by atoms with Crippen molar-refractivity contribution in [3.05, 3.63) is 64.2 Å². The van der Waals surface area contributed by atoms with Crippen LogP contribution in [-0.4, -0.2) is 41.1 Å². The number of benzene rings is 2. The molecule has 0 saturated heterocycles. The van der Waals surface area contributed by atoms with E-state index in [-0.39, 0.29) is 40.0 Å². The van der Waals surface area contributed by atoms with Gasteiger partial charge < -0.3 is 18.9 Å². The van der Waals surface area contributed by atoms with E-state index in [0.29, 0.717) is 4.57 Å². The van der Waals surface area contributed by atoms with Crippen LogP contribution in [0.1, 0.15) is 48.3 Å². The minimum atomic E-state index is -4.93. The van der Waals surface area contributed by atoms with E-state index < -0.39 is 49.0 Å². The summed E-state index contributed by atoms with van der Waals surface area (Å²) in [6.07, 6.45) is -8.25. The van der Waals surface area contributed by atoms with Crippen molar-refractivity contribution in [1.29, 1.82) is 0 Å². The Morgan fingerprint density at radius 3 is 2.59 bits per heavy atom. The van der Waals surface area contributed by atoms with Gasteiger partial charge in [-0.1, -0.05) is 23.7 Å². The zero-order chi connectivity index (χ0) is 26.9. The molecule has 3 aromatic rings. The third-order valence-corrected chi connectivity index (χ3v) is 5.65. The van der Waals surface area contributed by atoms with Crippen LogP contribution in [0.4, 0.5) is 22.0 Å². The zero-order valence-corrected chi connectivity index (χ0v) is 20.0. The Balaban J connectivity index is 2.00. The first-order valence-corrected chi connectivity index (χ1v) is 11.2. The van der Waals surface area contributed by atoms with Crippen molar-refractivity contribution in [2.75, 3.05) is 13.7 Å². The Bertz CT molecular complexity index is 1300. The molecular formula is C23H19ClF5N3O5. The highest BCUT2D eigenvalue weighted by molar-refractivity contribution is 6.30. The van der Waals surface area contributed by atoms with Gasteiger partial charge >= 0.3 is 18.8 Å². The number of hydrogen-bond acceptors (Lipinski definition) is 7. The molecular weight excluding hydrogens is 529 g/mol. The minimum absolute atomic E-state index is 0.00751. The average Bonchev–Trinajstić information content (AvgIpc) is 3.23. The molecule has 37 heavy (non-hydrogen) atoms. The van der Waals surface area contributed by atoms with Crippen LogP contribution in [0, 0.1) is 0 Å². The molecule has 8 nitrogen and oxygen atoms in total. The summed E-state index contributed by atoms with van der Waals surface area (Å²) in [6.45, 7) is -1.69. The van der Waals surface area contributed by atoms with Crippen LogP contribution >= 0.6 is 11.6 Å². The quantitative estimate of drug-likeness (QED) is 0.279. The molecule has 0 radical (unpaired) electrons. The number of alkyl halides is 5. The monoisotopic (exact) mass is 547 g/mol. The molecule has 0 N–H and O–H groups in total. The Kier molecular flexibility index (Phi) is 7.55. The fourth-order valence-corrected chi connectivity index (χ4v) is 4.21. The summed E-state index contributed by atoms with van der Waals surface area (Å²) in [6, 6.07) is 8.17. The van der Waals surface area contributed by atoms with Crippen LogP contribution in [0.25, 0.3) is 5.69 Å². The Morgan fingerprint density at radius 1 is 1.19 bits per heavy atom. The maximum atomic E-state index is 14.0. The number of hydrogen-bond donors (Lipinski definition) is 0. The summed E-state index contributed by atoms with van der Waals surface area (Å²) in [5.41, 5.74) is -0.0408. The van der Waals surface area contributed by atoms with Gasteiger partial charge in [0.15, 0.2) is 17.3 Å². The van der Waals surface area contributed by atoms with Crippen molar-refractivity contribution < 1.29 is 45.7 Å². The molecule has 2 heterocycles. The average molecular weight is 548 g/mol. The van der Waals surface area contributed by atoms with Gasteiger partial charge in [0.1, 0.15) is 12.2 Å². The second-order valence-electron chi connectivity index (χ2n) is 7.69. The zero-order valence-electron chi connectivity index (χ0n) is 19.3. The van der Waals surface area contributed by atoms with Crippen molar-refractivity contribution >= 4 is 17.6 Å². The minimum Gasteiger partial charge on any atom is -0.493 e. The fraction of sp³-hybridized carbons (Fsp3) is 0.348. The van der Waals surface area contributed by atoms with Crippen molar-refractivity contribution in [1.82, 2.24) is 14.8 Å². The molecule has 198 valence electrons. The van der Waals surface area contributed by atoms with Crippen molar-refractivity contribution in [2.24, 2.45) is 0 Å². The van der Waals surface area contributed by atoms with Crippen LogP contribution < -0.4 is 9.47 Å². The van der Waals surface area contributed by atoms with Crippen LogP contribution in [0.15, 0.2) is 36.4 Å². The first kappa shape index (κ1) is 26.6. The summed E-state index contributed by atoms with van der Waals surface area (Å²) in [5, 5.41) is 7.10. The summed E-state index contributed by atoms with van der Waals surface area (Å²) in [4.78, 5) is 12.4. The number of para-hydroxylation sites is 1. The van der Waals surface area contributed by atoms with E-state index in [0.717, 1.165) is 0 Å². The normalized spacial score (nSPS) is 17.1. The number of esters is 1. The topological polar surface area (TPSA) is 84.7 Å². The second kappa shape index (κ2) is 10.5. The number of aromatic nitrogens is 3. The lowest BCUT2D eigenvalue weighted by molar-refractivity contribution is -0.147. The van der Waals surface area contributed by atoms with Crippen molar-refractivity contribution in [2.45, 2.75) is 38.3 Å². The van der Waals surface area contributed by atoms with Gasteiger partial charge in [0.05, 0.1) is 25.8 Å². The van der Waals surface area contributed by atoms with Crippen molar-refractivity contribution in [3.63, 3.8) is 0 Å². The van der Waals surface area contributed by atoms with E-state index in [1.807, 2.05) is 0 Å². The maximum absolute atomic E-state index is 14.0. The molecule has 1 aliphatic heterocycles. The number of fused-ring (bicyclic) bond motifs is 3. The number of carbonyl (C=O) groups is 1. The lowest BCUT2D eigenvalue weighted by atomic mass is 9.98. The number of halogens is 6. The molecule has 0 fully saturated rings. The highest BCUT2D eigenvalue weighted by Crippen LogP contribution is 2.47. The number of nitrogens with zero attached hydrogens (tertiary/aromatic N) is 3. The van der Waals surface area contributed by atoms with E-state index in [1.165, 1.54) is 43.5 Å². The van der Waals surface area contributed by atoms with Gasteiger partial charge in [-0.3, -0.25) is 9.36 Å². The van der Waals surface area contributed by atoms with Crippen LogP contribution in [-0.2, 0) is 20.4 Å². The van der Waals surface area contributed by atoms with Gasteiger partial charge in [-0.25, -0.2) is 0 Å². The maximum Gasteiger partial charge on any atom is 0.452 e. The highest BCUT2D eigenvalue weighted by atomic mass is 35.5. The van der Waals surface area contributed by atoms with Gasteiger partial charge in [0.2, 0.25) is 5.82 Å². The lowest BCUT2D eigenvalue weighted by Gasteiger charge is -2.25. The van der Waals surface area contributed by atoms with Gasteiger partial charge in [-0.15, -0.1) is 10.2 Å². The second-order valence-corrected chi connectivity index (χ2v) is 8.13. The van der Waals surface area contributed by atoms with Gasteiger partial charge in [0, 0.05) is 16.1 Å². The first-order chi connectivity index (χ1) is 17.5. The number of rotatable bonds is 7. The summed E-state index contributed by atoms with van der Waals surface area (Å²) in [5.74, 6) is -2.98. The molecule has 0 bridgehead atoms. The molecule has 1 aromatic heterocycles. The Labute approximate surface area is 211 Å². The molecule has 0 saturated carbocycles. The SMILES string of the molecule is CCOC(=O)C[C@H]1O[C@H](c2cccc(OC)c2OC(F)F)c2cc(Cl)ccc2-n2c1nnc2C(F)(F)F. The third-order valence-electron chi connectivity index (χ3n) is 5.42. The lowest BCUT2D eigenvalue weighted by Crippen LogP contribution is -2.18. The molecule has 14 heteroatoms. The van der Waals surface area contributed by atoms with Crippen LogP contribution in [0.2, 0.25) is 5.02 Å². The van der Waals surface area contributed by atoms with E-state index in [9.17, 15) is 26.7 Å². The molecule has 0 spiro atoms. The standard InChI is InChI=1S/C23H19ClF5N3O5/c1-3-35-17(33)10-16-20-30-31-21(23(27,28)29)32(20)14-8-7-11(24)9-13(14)18(36-16)12-5-4-6-15(34-2)19(12)37-22(25)26/h4-9,16,18,22H,3,10H2,1-2H3/t16-,18-/m1/s1. The van der Waals surface area contributed by atoms with E-state index in [1.54, 1.807) is 6.92 Å². The van der Waals surface area contributed by atoms with Crippen molar-refractivity contribution in [3.8, 4) is 17.2 Å². The predicted octanol–water partition coefficient (Wildman–Crippen LogP) is 5.66. The van der Waals surface area contributed by atoms with E-state index in [4.69, 9.17) is 30.5 Å². The molecule has 0 aliphatic carbocycles. The summed E-state index contributed by atoms with van der Waals surface area (Å²) >= 11 is 6.19. The number of methoxy groups -OCH3 is 1. The largest absolute Gasteiger partial charge is 0.493 e. The summed E-state index contributed by atoms with van der Waals surface area (Å²) < 4.78 is 90.3. The number of ether oxygens (including phenoxy) is 4. The molecule has 0 unspecified atom stereocenters. The smallest absolute Gasteiger partial charge is 0.452 e. The van der Waals surface area contributed by atoms with Gasteiger partial charge in [0.25, 0.3) is 0 Å². The van der Waals surface area contributed by atoms with Gasteiger partial charge in [-0.2, -0.15) is 22.0 Å². The molecule has 2 aromatic carbocycles. The Morgan fingerprint density at radius 2 is 1.95 bits per heavy atom. The van der Waals surface area contributed by atoms with Crippen LogP contribution in [0.3, 0.4) is 0 Å². The number of carbonyl (C=O) groups excluding carboxylic acids is 1.